The Morgan fingerprint density at radius 3 is 2.81 bits per heavy atom. The van der Waals surface area contributed by atoms with E-state index in [2.05, 4.69) is 17.0 Å². The lowest BCUT2D eigenvalue weighted by Gasteiger charge is -2.15. The molecule has 0 aliphatic heterocycles. The predicted molar refractivity (Wildman–Crippen MR) is 62.9 cm³/mol. The molecule has 16 heavy (non-hydrogen) atoms. The van der Waals surface area contributed by atoms with Crippen molar-refractivity contribution >= 4 is 0 Å². The maximum atomic E-state index is 6.25. The van der Waals surface area contributed by atoms with Crippen molar-refractivity contribution in [2.45, 2.75) is 19.4 Å². The van der Waals surface area contributed by atoms with Gasteiger partial charge in [0, 0.05) is 25.6 Å². The van der Waals surface area contributed by atoms with Crippen molar-refractivity contribution in [3.05, 3.63) is 47.5 Å². The molecule has 0 amide bonds. The number of nitrogens with zero attached hydrogens (tertiary/aromatic N) is 3. The summed E-state index contributed by atoms with van der Waals surface area (Å²) in [5.41, 5.74) is 9.58. The molecule has 4 nitrogen and oxygen atoms in total. The van der Waals surface area contributed by atoms with Gasteiger partial charge in [-0.05, 0) is 29.7 Å². The standard InChI is InChI=1S/C12H16N4/c1-3-9-8-14-6-4-10(9)12(13)11-5-7-15-16(11)2/h4-8,12H,3,13H2,1-2H3. The van der Waals surface area contributed by atoms with Gasteiger partial charge in [0.2, 0.25) is 0 Å². The molecule has 0 saturated carbocycles. The van der Waals surface area contributed by atoms with Gasteiger partial charge in [-0.15, -0.1) is 0 Å². The fraction of sp³-hybridized carbons (Fsp3) is 0.333. The van der Waals surface area contributed by atoms with E-state index in [1.165, 1.54) is 5.56 Å². The predicted octanol–water partition coefficient (Wildman–Crippen LogP) is 1.43. The molecule has 2 rings (SSSR count). The van der Waals surface area contributed by atoms with Crippen LogP contribution in [0, 0.1) is 0 Å². The molecule has 0 aliphatic rings. The van der Waals surface area contributed by atoms with Crippen LogP contribution in [-0.4, -0.2) is 14.8 Å². The highest BCUT2D eigenvalue weighted by molar-refractivity contribution is 5.32. The minimum atomic E-state index is -0.134. The Bertz CT molecular complexity index is 475. The summed E-state index contributed by atoms with van der Waals surface area (Å²) in [7, 11) is 1.90. The number of nitrogens with two attached hydrogens (primary N) is 1. The van der Waals surface area contributed by atoms with Crippen LogP contribution in [0.2, 0.25) is 0 Å². The first-order valence-corrected chi connectivity index (χ1v) is 5.40. The smallest absolute Gasteiger partial charge is 0.0726 e. The zero-order valence-electron chi connectivity index (χ0n) is 9.59. The van der Waals surface area contributed by atoms with Gasteiger partial charge in [-0.2, -0.15) is 5.10 Å². The average Bonchev–Trinajstić information content (AvgIpc) is 2.74. The first-order chi connectivity index (χ1) is 7.74. The van der Waals surface area contributed by atoms with E-state index >= 15 is 0 Å². The quantitative estimate of drug-likeness (QED) is 0.844. The number of aromatic nitrogens is 3. The van der Waals surface area contributed by atoms with Gasteiger partial charge in [-0.1, -0.05) is 6.92 Å². The summed E-state index contributed by atoms with van der Waals surface area (Å²) in [4.78, 5) is 4.12. The minimum absolute atomic E-state index is 0.134. The van der Waals surface area contributed by atoms with Crippen LogP contribution in [0.5, 0.6) is 0 Å². The molecular formula is C12H16N4. The van der Waals surface area contributed by atoms with E-state index in [-0.39, 0.29) is 6.04 Å². The topological polar surface area (TPSA) is 56.7 Å². The minimum Gasteiger partial charge on any atom is -0.319 e. The Morgan fingerprint density at radius 2 is 2.19 bits per heavy atom. The summed E-state index contributed by atoms with van der Waals surface area (Å²) < 4.78 is 1.81. The van der Waals surface area contributed by atoms with Gasteiger partial charge in [0.05, 0.1) is 11.7 Å². The molecule has 0 bridgehead atoms. The number of pyridine rings is 1. The Hall–Kier alpha value is -1.68. The first kappa shape index (κ1) is 10.8. The van der Waals surface area contributed by atoms with Crippen molar-refractivity contribution < 1.29 is 0 Å². The van der Waals surface area contributed by atoms with Gasteiger partial charge in [0.15, 0.2) is 0 Å². The third-order valence-electron chi connectivity index (χ3n) is 2.83. The van der Waals surface area contributed by atoms with E-state index in [0.717, 1.165) is 17.7 Å². The molecule has 2 heterocycles. The molecule has 2 aromatic heterocycles. The number of hydrogen-bond acceptors (Lipinski definition) is 3. The number of hydrogen-bond donors (Lipinski definition) is 1. The molecular weight excluding hydrogens is 200 g/mol. The van der Waals surface area contributed by atoms with Crippen molar-refractivity contribution in [3.8, 4) is 0 Å². The van der Waals surface area contributed by atoms with E-state index in [4.69, 9.17) is 5.73 Å². The molecule has 0 aromatic carbocycles. The first-order valence-electron chi connectivity index (χ1n) is 5.40. The number of aryl methyl sites for hydroxylation is 2. The third kappa shape index (κ3) is 1.84. The normalized spacial score (nSPS) is 12.7. The summed E-state index contributed by atoms with van der Waals surface area (Å²) in [6.07, 6.45) is 6.37. The van der Waals surface area contributed by atoms with E-state index in [9.17, 15) is 0 Å². The Morgan fingerprint density at radius 1 is 1.38 bits per heavy atom. The SMILES string of the molecule is CCc1cnccc1C(N)c1ccnn1C. The molecule has 0 radical (unpaired) electrons. The molecule has 2 aromatic rings. The van der Waals surface area contributed by atoms with Crippen LogP contribution in [0.3, 0.4) is 0 Å². The maximum absolute atomic E-state index is 6.25. The maximum Gasteiger partial charge on any atom is 0.0726 e. The lowest BCUT2D eigenvalue weighted by atomic mass is 9.99. The van der Waals surface area contributed by atoms with Crippen LogP contribution in [0.4, 0.5) is 0 Å². The highest BCUT2D eigenvalue weighted by Gasteiger charge is 2.14. The van der Waals surface area contributed by atoms with Gasteiger partial charge in [-0.3, -0.25) is 9.67 Å². The van der Waals surface area contributed by atoms with Gasteiger partial charge in [0.1, 0.15) is 0 Å². The molecule has 0 aliphatic carbocycles. The van der Waals surface area contributed by atoms with Gasteiger partial charge in [-0.25, -0.2) is 0 Å². The monoisotopic (exact) mass is 216 g/mol. The molecule has 0 fully saturated rings. The second kappa shape index (κ2) is 4.45. The van der Waals surface area contributed by atoms with Crippen molar-refractivity contribution in [1.29, 1.82) is 0 Å². The zero-order valence-corrected chi connectivity index (χ0v) is 9.59. The van der Waals surface area contributed by atoms with Gasteiger partial charge in [0.25, 0.3) is 0 Å². The fourth-order valence-electron chi connectivity index (χ4n) is 1.89. The molecule has 2 N–H and O–H groups in total. The largest absolute Gasteiger partial charge is 0.319 e. The van der Waals surface area contributed by atoms with Crippen LogP contribution in [-0.2, 0) is 13.5 Å². The molecule has 84 valence electrons. The summed E-state index contributed by atoms with van der Waals surface area (Å²) in [6, 6.07) is 3.80. The highest BCUT2D eigenvalue weighted by atomic mass is 15.3. The highest BCUT2D eigenvalue weighted by Crippen LogP contribution is 2.21. The fourth-order valence-corrected chi connectivity index (χ4v) is 1.89. The Labute approximate surface area is 95.1 Å². The lowest BCUT2D eigenvalue weighted by Crippen LogP contribution is -2.17. The summed E-state index contributed by atoms with van der Waals surface area (Å²) in [5.74, 6) is 0. The van der Waals surface area contributed by atoms with Crippen molar-refractivity contribution in [2.75, 3.05) is 0 Å². The second-order valence-electron chi connectivity index (χ2n) is 3.79. The van der Waals surface area contributed by atoms with Gasteiger partial charge >= 0.3 is 0 Å². The van der Waals surface area contributed by atoms with Crippen LogP contribution < -0.4 is 5.73 Å². The van der Waals surface area contributed by atoms with Crippen molar-refractivity contribution in [1.82, 2.24) is 14.8 Å². The molecule has 4 heteroatoms. The molecule has 1 unspecified atom stereocenters. The van der Waals surface area contributed by atoms with Crippen LogP contribution in [0.1, 0.15) is 29.8 Å². The molecule has 1 atom stereocenters. The molecule has 0 spiro atoms. The van der Waals surface area contributed by atoms with Crippen LogP contribution in [0.15, 0.2) is 30.7 Å². The van der Waals surface area contributed by atoms with Crippen molar-refractivity contribution in [3.63, 3.8) is 0 Å². The second-order valence-corrected chi connectivity index (χ2v) is 3.79. The van der Waals surface area contributed by atoms with E-state index < -0.39 is 0 Å². The molecule has 0 saturated heterocycles. The van der Waals surface area contributed by atoms with E-state index in [0.29, 0.717) is 0 Å². The van der Waals surface area contributed by atoms with Crippen LogP contribution >= 0.6 is 0 Å². The third-order valence-corrected chi connectivity index (χ3v) is 2.83. The van der Waals surface area contributed by atoms with Gasteiger partial charge < -0.3 is 5.73 Å². The Balaban J connectivity index is 2.41. The summed E-state index contributed by atoms with van der Waals surface area (Å²) in [6.45, 7) is 2.11. The Kier molecular flexibility index (Phi) is 3.01. The summed E-state index contributed by atoms with van der Waals surface area (Å²) >= 11 is 0. The van der Waals surface area contributed by atoms with Crippen molar-refractivity contribution in [2.24, 2.45) is 12.8 Å². The number of rotatable bonds is 3. The summed E-state index contributed by atoms with van der Waals surface area (Å²) in [5, 5.41) is 4.14. The van der Waals surface area contributed by atoms with E-state index in [1.54, 1.807) is 12.4 Å². The van der Waals surface area contributed by atoms with E-state index in [1.807, 2.05) is 30.1 Å². The average molecular weight is 216 g/mol. The van der Waals surface area contributed by atoms with Crippen LogP contribution in [0.25, 0.3) is 0 Å². The zero-order chi connectivity index (χ0) is 11.5. The lowest BCUT2D eigenvalue weighted by molar-refractivity contribution is 0.669.